The number of carbonyl (C=O) groups excluding carboxylic acids is 7. The highest BCUT2D eigenvalue weighted by atomic mass is 35.5. The van der Waals surface area contributed by atoms with Crippen LogP contribution in [0.2, 0.25) is 0 Å². The van der Waals surface area contributed by atoms with Gasteiger partial charge in [-0.1, -0.05) is 91.0 Å². The number of hydrogen-bond donors (Lipinski definition) is 13. The van der Waals surface area contributed by atoms with E-state index in [9.17, 15) is 38.4 Å². The number of alkyl carbamates (subject to hydrolysis) is 2. The Bertz CT molecular complexity index is 6030. The first kappa shape index (κ1) is 81.3. The number of carboxylic acids is 1. The zero-order valence-corrected chi connectivity index (χ0v) is 66.5. The van der Waals surface area contributed by atoms with Crippen molar-refractivity contribution in [3.05, 3.63) is 215 Å². The number of anilines is 3. The number of hydrazone groups is 3. The Kier molecular flexibility index (Phi) is 21.9. The number of nitrogen functional groups attached to an aromatic ring is 1. The summed E-state index contributed by atoms with van der Waals surface area (Å²) in [5.41, 5.74) is 30.9. The second-order valence-electron chi connectivity index (χ2n) is 31.3. The summed E-state index contributed by atoms with van der Waals surface area (Å²) in [4.78, 5) is 111. The van der Waals surface area contributed by atoms with Gasteiger partial charge in [-0.2, -0.15) is 30.6 Å². The van der Waals surface area contributed by atoms with Crippen LogP contribution in [0, 0.1) is 0 Å². The molecule has 6 aromatic heterocycles. The second kappa shape index (κ2) is 31.6. The largest absolute Gasteiger partial charge is 0.481 e. The highest BCUT2D eigenvalue weighted by molar-refractivity contribution is 6.21. The molecule has 0 spiro atoms. The lowest BCUT2D eigenvalue weighted by Crippen LogP contribution is -2.49. The van der Waals surface area contributed by atoms with E-state index in [0.29, 0.717) is 69.4 Å². The molecule has 9 heterocycles. The molecule has 0 unspecified atom stereocenters. The first-order valence-electron chi connectivity index (χ1n) is 37.0. The lowest BCUT2D eigenvalue weighted by atomic mass is 10.0. The fraction of sp³-hybridized carbons (Fsp3) is 0.253. The van der Waals surface area contributed by atoms with E-state index in [2.05, 4.69) is 83.1 Å². The second-order valence-corrected chi connectivity index (χ2v) is 31.3. The van der Waals surface area contributed by atoms with E-state index in [1.807, 2.05) is 143 Å². The molecule has 6 atom stereocenters. The van der Waals surface area contributed by atoms with Crippen molar-refractivity contribution in [2.45, 2.75) is 113 Å². The molecule has 6 aliphatic rings. The number of hydrogen-bond acceptors (Lipinski definition) is 18. The molecule has 3 saturated carbocycles. The van der Waals surface area contributed by atoms with Crippen molar-refractivity contribution in [3.8, 4) is 33.8 Å². The molecule has 3 aliphatic heterocycles. The fourth-order valence-corrected chi connectivity index (χ4v) is 15.1. The number of nitrogens with one attached hydrogen (secondary N) is 10. The highest BCUT2D eigenvalue weighted by Crippen LogP contribution is 2.55. The van der Waals surface area contributed by atoms with E-state index in [1.54, 1.807) is 117 Å². The van der Waals surface area contributed by atoms with Crippen LogP contribution in [-0.2, 0) is 45.0 Å². The Morgan fingerprint density at radius 1 is 0.504 bits per heavy atom. The summed E-state index contributed by atoms with van der Waals surface area (Å²) in [6, 6.07) is 39.3. The molecule has 117 heavy (non-hydrogen) atoms. The molecule has 18 rings (SSSR count). The number of carboxylic acid groups (broad SMARTS) is 1. The molecule has 602 valence electrons. The Balaban J connectivity index is 0.000000140. The third kappa shape index (κ3) is 16.8. The highest BCUT2D eigenvalue weighted by Gasteiger charge is 2.63. The topological polar surface area (TPSA) is 449 Å². The number of aryl methyl sites for hydroxylation is 3. The number of nitrogens with two attached hydrogens (primary N) is 2. The van der Waals surface area contributed by atoms with Gasteiger partial charge < -0.3 is 62.3 Å². The summed E-state index contributed by atoms with van der Waals surface area (Å²) in [5, 5.41) is 47.6. The van der Waals surface area contributed by atoms with E-state index in [1.165, 1.54) is 0 Å². The number of nitrogens with zero attached hydrogens (tertiary/aromatic N) is 9. The maximum Gasteiger partial charge on any atom is 0.408 e. The van der Waals surface area contributed by atoms with Gasteiger partial charge in [-0.05, 0) is 114 Å². The SMILES string of the molecule is CC(C)(C)OC(=O)N[C@@]1(CC(=O)O)C[C@H]1c1ccccc1.Cl.Cl.Cn1cc(-c2[nH]c3cc(N)cc4c3c2C=NNC4=O)cn1.Cn1cc(-c2[nH]c3cc(NC(=O)[C@]4(N)C[C@H]4c4ccccc4)cc4c3c2C=NNC4=O)cn1.Cn1cc(-c2[nH]c3cc(NC(=O)[C@]4(NC(=O)OC(C)(C)C)C[C@H]4c4ccccc4)cc4c3c2C=NNC4=O)cn1. The van der Waals surface area contributed by atoms with Crippen LogP contribution in [0.25, 0.3) is 66.5 Å². The van der Waals surface area contributed by atoms with E-state index in [4.69, 9.17) is 26.0 Å². The van der Waals surface area contributed by atoms with Crippen LogP contribution in [0.1, 0.15) is 149 Å². The summed E-state index contributed by atoms with van der Waals surface area (Å²) >= 11 is 0. The van der Waals surface area contributed by atoms with Crippen LogP contribution < -0.4 is 49.0 Å². The van der Waals surface area contributed by atoms with Crippen molar-refractivity contribution in [2.24, 2.45) is 42.2 Å². The molecule has 7 amide bonds. The Morgan fingerprint density at radius 3 is 1.27 bits per heavy atom. The maximum atomic E-state index is 13.8. The van der Waals surface area contributed by atoms with Gasteiger partial charge in [0.15, 0.2) is 0 Å². The summed E-state index contributed by atoms with van der Waals surface area (Å²) in [6.45, 7) is 10.6. The van der Waals surface area contributed by atoms with E-state index < -0.39 is 57.8 Å². The van der Waals surface area contributed by atoms with Crippen molar-refractivity contribution in [1.29, 1.82) is 0 Å². The average molecular weight is 1620 g/mol. The van der Waals surface area contributed by atoms with Crippen LogP contribution in [-0.4, -0.2) is 144 Å². The van der Waals surface area contributed by atoms with Crippen molar-refractivity contribution in [2.75, 3.05) is 16.4 Å². The number of rotatable bonds is 14. The summed E-state index contributed by atoms with van der Waals surface area (Å²) < 4.78 is 15.8. The van der Waals surface area contributed by atoms with Crippen LogP contribution >= 0.6 is 24.8 Å². The first-order chi connectivity index (χ1) is 54.8. The molecule has 15 N–H and O–H groups in total. The van der Waals surface area contributed by atoms with Crippen LogP contribution in [0.3, 0.4) is 0 Å². The van der Waals surface area contributed by atoms with Gasteiger partial charge in [0.1, 0.15) is 22.3 Å². The third-order valence-electron chi connectivity index (χ3n) is 20.6. The van der Waals surface area contributed by atoms with Crippen molar-refractivity contribution in [3.63, 3.8) is 0 Å². The van der Waals surface area contributed by atoms with Gasteiger partial charge in [0.05, 0.1) is 83.0 Å². The Labute approximate surface area is 681 Å². The summed E-state index contributed by atoms with van der Waals surface area (Å²) in [5.74, 6) is -2.86. The summed E-state index contributed by atoms with van der Waals surface area (Å²) in [7, 11) is 5.52. The normalized spacial score (nSPS) is 19.4. The van der Waals surface area contributed by atoms with Gasteiger partial charge in [0.2, 0.25) is 5.91 Å². The first-order valence-corrected chi connectivity index (χ1v) is 37.0. The monoisotopic (exact) mass is 1620 g/mol. The molecule has 3 aliphatic carbocycles. The molecule has 0 saturated heterocycles. The number of aliphatic carboxylic acids is 1. The van der Waals surface area contributed by atoms with Crippen LogP contribution in [0.15, 0.2) is 180 Å². The van der Waals surface area contributed by atoms with Gasteiger partial charge in [-0.15, -0.1) is 24.8 Å². The number of ether oxygens (including phenoxy) is 2. The van der Waals surface area contributed by atoms with E-state index in [0.717, 1.165) is 83.4 Å². The van der Waals surface area contributed by atoms with Gasteiger partial charge in [0, 0.05) is 141 Å². The lowest BCUT2D eigenvalue weighted by Gasteiger charge is -2.24. The molecular formula is C83H85Cl2N21O11. The van der Waals surface area contributed by atoms with Gasteiger partial charge in [-0.3, -0.25) is 42.8 Å². The minimum Gasteiger partial charge on any atom is -0.481 e. The van der Waals surface area contributed by atoms with E-state index >= 15 is 0 Å². The van der Waals surface area contributed by atoms with Gasteiger partial charge >= 0.3 is 18.2 Å². The predicted octanol–water partition coefficient (Wildman–Crippen LogP) is 11.5. The number of amides is 7. The van der Waals surface area contributed by atoms with Crippen LogP contribution in [0.5, 0.6) is 0 Å². The minimum atomic E-state index is -1.21. The smallest absolute Gasteiger partial charge is 0.408 e. The number of carbonyl (C=O) groups is 8. The number of aromatic amines is 3. The number of H-pyrrole nitrogens is 3. The van der Waals surface area contributed by atoms with Crippen molar-refractivity contribution in [1.82, 2.24) is 71.2 Å². The molecule has 6 aromatic carbocycles. The molecular weight excluding hydrogens is 1540 g/mol. The quantitative estimate of drug-likeness (QED) is 0.0450. The van der Waals surface area contributed by atoms with E-state index in [-0.39, 0.29) is 66.7 Å². The van der Waals surface area contributed by atoms with Gasteiger partial charge in [0.25, 0.3) is 23.6 Å². The predicted molar refractivity (Wildman–Crippen MR) is 448 cm³/mol. The molecule has 0 radical (unpaired) electrons. The van der Waals surface area contributed by atoms with Crippen molar-refractivity contribution < 1.29 is 52.9 Å². The van der Waals surface area contributed by atoms with Crippen LogP contribution in [0.4, 0.5) is 26.7 Å². The molecule has 3 fully saturated rings. The fourth-order valence-electron chi connectivity index (χ4n) is 15.1. The number of benzene rings is 6. The van der Waals surface area contributed by atoms with Crippen molar-refractivity contribution >= 4 is 141 Å². The lowest BCUT2D eigenvalue weighted by molar-refractivity contribution is -0.137. The number of aromatic nitrogens is 9. The zero-order chi connectivity index (χ0) is 81.2. The standard InChI is InChI=1S/C29H29N7O4.C24H21N7O2.C16H21NO4.C14H12N6O.2ClH/c1-28(2,3)40-27(39)34-29(12-21(29)16-8-6-5-7-9-16)26(38)32-18-10-19-23-20(14-30-35-25(19)37)24(33-22(23)11-18)17-13-31-36(4)15-17;1-31-12-14(10-27-31)21-17-11-26-30-22(32)16-7-15(8-19(29-21)20(16)17)28-23(33)24(25)9-18(24)13-5-3-2-4-6-13;1-15(2,3)21-14(20)17-16(10-13(18)19)9-12(16)11-7-5-4-6-8-11;1-20-6-7(4-17-20)13-10-5-16-19-14(21)9-2-8(15)3-11(18-13)12(9)10;;/h5-11,13-15,21,33H,12H2,1-4H3,(H,32,38)(H,34,39)(H,35,37);2-8,10-12,18,29H,9,25H2,1H3,(H,28,33)(H,30,32);4-8,12H,9-10H2,1-3H3,(H,17,20)(H,18,19);2-6,18H,15H2,1H3,(H,19,21);2*1H/t21-,29-;18-,24-;12-,16+;;;/m000.../s1. The minimum absolute atomic E-state index is 0. The maximum absolute atomic E-state index is 13.8. The molecule has 0 bridgehead atoms. The molecule has 32 nitrogen and oxygen atoms in total. The Hall–Kier alpha value is -13.7. The molecule has 12 aromatic rings. The zero-order valence-electron chi connectivity index (χ0n) is 64.9. The van der Waals surface area contributed by atoms with Gasteiger partial charge in [-0.25, -0.2) is 25.9 Å². The average Bonchev–Trinajstić information content (AvgIpc) is 1.61. The molecule has 34 heteroatoms. The summed E-state index contributed by atoms with van der Waals surface area (Å²) in [6.07, 6.45) is 16.0. The third-order valence-corrected chi connectivity index (χ3v) is 20.6. The number of halogens is 2. The Morgan fingerprint density at radius 2 is 0.880 bits per heavy atom.